The van der Waals surface area contributed by atoms with Gasteiger partial charge in [0.2, 0.25) is 0 Å². The first-order chi connectivity index (χ1) is 6.09. The summed E-state index contributed by atoms with van der Waals surface area (Å²) in [5.74, 6) is 0.334. The number of hydrogen-bond acceptors (Lipinski definition) is 1. The average molecular weight is 287 g/mol. The summed E-state index contributed by atoms with van der Waals surface area (Å²) in [4.78, 5) is 3.16. The second kappa shape index (κ2) is 2.90. The summed E-state index contributed by atoms with van der Waals surface area (Å²) in [5.41, 5.74) is 3.03. The number of aryl methyl sites for hydroxylation is 2. The molecular weight excluding hydrogens is 277 g/mol. The van der Waals surface area contributed by atoms with Gasteiger partial charge in [-0.15, -0.1) is 0 Å². The molecule has 0 amide bonds. The lowest BCUT2D eigenvalue weighted by Gasteiger charge is -1.97. The maximum absolute atomic E-state index is 9.66. The lowest BCUT2D eigenvalue weighted by molar-refractivity contribution is 0.480. The minimum atomic E-state index is 0.334. The van der Waals surface area contributed by atoms with E-state index in [1.807, 2.05) is 13.8 Å². The van der Waals surface area contributed by atoms with Gasteiger partial charge in [-0.2, -0.15) is 0 Å². The van der Waals surface area contributed by atoms with Crippen LogP contribution in [-0.4, -0.2) is 10.1 Å². The van der Waals surface area contributed by atoms with E-state index in [1.165, 1.54) is 3.57 Å². The number of benzene rings is 1. The van der Waals surface area contributed by atoms with Crippen molar-refractivity contribution < 1.29 is 5.11 Å². The van der Waals surface area contributed by atoms with Gasteiger partial charge >= 0.3 is 0 Å². The van der Waals surface area contributed by atoms with Crippen LogP contribution < -0.4 is 0 Å². The minimum absolute atomic E-state index is 0.334. The summed E-state index contributed by atoms with van der Waals surface area (Å²) in [7, 11) is 0. The van der Waals surface area contributed by atoms with Crippen LogP contribution in [0.5, 0.6) is 5.75 Å². The van der Waals surface area contributed by atoms with Gasteiger partial charge in [0.15, 0.2) is 0 Å². The van der Waals surface area contributed by atoms with E-state index in [2.05, 4.69) is 33.6 Å². The van der Waals surface area contributed by atoms with Gasteiger partial charge in [-0.05, 0) is 54.1 Å². The highest BCUT2D eigenvalue weighted by Gasteiger charge is 2.08. The molecule has 0 radical (unpaired) electrons. The molecule has 1 aromatic carbocycles. The van der Waals surface area contributed by atoms with Crippen molar-refractivity contribution in [3.8, 4) is 5.75 Å². The molecule has 0 bridgehead atoms. The summed E-state index contributed by atoms with van der Waals surface area (Å²) in [6.07, 6.45) is 0. The van der Waals surface area contributed by atoms with Crippen LogP contribution in [0.3, 0.4) is 0 Å². The molecule has 13 heavy (non-hydrogen) atoms. The van der Waals surface area contributed by atoms with E-state index < -0.39 is 0 Å². The van der Waals surface area contributed by atoms with Crippen LogP contribution in [0.15, 0.2) is 12.1 Å². The maximum atomic E-state index is 9.66. The number of phenols is 1. The lowest BCUT2D eigenvalue weighted by atomic mass is 10.1. The molecule has 0 saturated heterocycles. The highest BCUT2D eigenvalue weighted by Crippen LogP contribution is 2.30. The second-order valence-corrected chi connectivity index (χ2v) is 4.35. The van der Waals surface area contributed by atoms with Gasteiger partial charge in [0.05, 0.1) is 5.52 Å². The molecule has 2 N–H and O–H groups in total. The van der Waals surface area contributed by atoms with E-state index in [0.29, 0.717) is 5.75 Å². The van der Waals surface area contributed by atoms with Gasteiger partial charge in [-0.1, -0.05) is 0 Å². The second-order valence-electron chi connectivity index (χ2n) is 3.27. The Labute approximate surface area is 90.1 Å². The van der Waals surface area contributed by atoms with Gasteiger partial charge in [-0.25, -0.2) is 0 Å². The van der Waals surface area contributed by atoms with Crippen molar-refractivity contribution in [3.63, 3.8) is 0 Å². The summed E-state index contributed by atoms with van der Waals surface area (Å²) < 4.78 is 1.19. The van der Waals surface area contributed by atoms with Crippen LogP contribution in [0.25, 0.3) is 10.9 Å². The molecule has 0 atom stereocenters. The smallest absolute Gasteiger partial charge is 0.139 e. The van der Waals surface area contributed by atoms with Crippen molar-refractivity contribution in [1.29, 1.82) is 0 Å². The van der Waals surface area contributed by atoms with E-state index in [4.69, 9.17) is 0 Å². The molecule has 3 heteroatoms. The Kier molecular flexibility index (Phi) is 1.98. The average Bonchev–Trinajstić information content (AvgIpc) is 2.32. The molecule has 2 aromatic rings. The molecule has 2 rings (SSSR count). The Hall–Kier alpha value is -0.710. The number of hydrogen-bond donors (Lipinski definition) is 2. The zero-order valence-corrected chi connectivity index (χ0v) is 9.64. The Bertz CT molecular complexity index is 473. The fourth-order valence-electron chi connectivity index (χ4n) is 1.52. The standard InChI is InChI=1S/C10H10INO/c1-5-3-7-9(11)6(2)12-10(7)8(13)4-5/h3-4,12-13H,1-2H3. The molecule has 2 nitrogen and oxygen atoms in total. The van der Waals surface area contributed by atoms with Crippen molar-refractivity contribution in [1.82, 2.24) is 4.98 Å². The van der Waals surface area contributed by atoms with Gasteiger partial charge in [0.25, 0.3) is 0 Å². The fraction of sp³-hybridized carbons (Fsp3) is 0.200. The molecule has 1 aromatic heterocycles. The summed E-state index contributed by atoms with van der Waals surface area (Å²) >= 11 is 2.29. The number of nitrogens with one attached hydrogen (secondary N) is 1. The summed E-state index contributed by atoms with van der Waals surface area (Å²) in [6, 6.07) is 3.86. The minimum Gasteiger partial charge on any atom is -0.506 e. The van der Waals surface area contributed by atoms with Crippen molar-refractivity contribution in [2.75, 3.05) is 0 Å². The molecule has 68 valence electrons. The Morgan fingerprint density at radius 2 is 2.00 bits per heavy atom. The molecule has 0 aliphatic rings. The Morgan fingerprint density at radius 3 is 2.69 bits per heavy atom. The van der Waals surface area contributed by atoms with Crippen molar-refractivity contribution in [3.05, 3.63) is 27.0 Å². The predicted molar refractivity (Wildman–Crippen MR) is 62.2 cm³/mol. The third-order valence-corrected chi connectivity index (χ3v) is 3.53. The van der Waals surface area contributed by atoms with E-state index in [1.54, 1.807) is 6.07 Å². The lowest BCUT2D eigenvalue weighted by Crippen LogP contribution is -1.75. The number of aromatic hydroxyl groups is 1. The number of fused-ring (bicyclic) bond motifs is 1. The Morgan fingerprint density at radius 1 is 1.31 bits per heavy atom. The normalized spacial score (nSPS) is 11.0. The van der Waals surface area contributed by atoms with Crippen LogP contribution in [0.2, 0.25) is 0 Å². The number of aromatic nitrogens is 1. The van der Waals surface area contributed by atoms with Crippen LogP contribution in [-0.2, 0) is 0 Å². The molecule has 0 spiro atoms. The molecule has 0 aliphatic carbocycles. The van der Waals surface area contributed by atoms with E-state index >= 15 is 0 Å². The Balaban J connectivity index is 2.94. The van der Waals surface area contributed by atoms with Crippen LogP contribution >= 0.6 is 22.6 Å². The molecule has 0 aliphatic heterocycles. The maximum Gasteiger partial charge on any atom is 0.139 e. The van der Waals surface area contributed by atoms with Crippen molar-refractivity contribution in [2.45, 2.75) is 13.8 Å². The van der Waals surface area contributed by atoms with Crippen LogP contribution in [0.1, 0.15) is 11.3 Å². The summed E-state index contributed by atoms with van der Waals surface area (Å²) in [5, 5.41) is 10.8. The monoisotopic (exact) mass is 287 g/mol. The first-order valence-electron chi connectivity index (χ1n) is 4.07. The van der Waals surface area contributed by atoms with Crippen molar-refractivity contribution >= 4 is 33.5 Å². The van der Waals surface area contributed by atoms with Gasteiger partial charge in [-0.3, -0.25) is 0 Å². The van der Waals surface area contributed by atoms with Crippen LogP contribution in [0, 0.1) is 17.4 Å². The molecule has 1 heterocycles. The zero-order valence-electron chi connectivity index (χ0n) is 7.48. The number of rotatable bonds is 0. The first-order valence-corrected chi connectivity index (χ1v) is 5.15. The highest BCUT2D eigenvalue weighted by atomic mass is 127. The largest absolute Gasteiger partial charge is 0.506 e. The zero-order chi connectivity index (χ0) is 9.59. The molecule has 0 unspecified atom stereocenters. The van der Waals surface area contributed by atoms with E-state index in [9.17, 15) is 5.11 Å². The molecule has 0 saturated carbocycles. The molecular formula is C10H10INO. The number of H-pyrrole nitrogens is 1. The van der Waals surface area contributed by atoms with Gasteiger partial charge in [0, 0.05) is 14.7 Å². The first kappa shape index (κ1) is 8.87. The van der Waals surface area contributed by atoms with Gasteiger partial charge in [0.1, 0.15) is 5.75 Å². The number of phenolic OH excluding ortho intramolecular Hbond substituents is 1. The van der Waals surface area contributed by atoms with E-state index in [0.717, 1.165) is 22.2 Å². The van der Waals surface area contributed by atoms with E-state index in [-0.39, 0.29) is 0 Å². The third kappa shape index (κ3) is 1.31. The molecule has 0 fully saturated rings. The topological polar surface area (TPSA) is 36.0 Å². The van der Waals surface area contributed by atoms with Gasteiger partial charge < -0.3 is 10.1 Å². The highest BCUT2D eigenvalue weighted by molar-refractivity contribution is 14.1. The third-order valence-electron chi connectivity index (χ3n) is 2.14. The summed E-state index contributed by atoms with van der Waals surface area (Å²) in [6.45, 7) is 3.99. The van der Waals surface area contributed by atoms with Crippen molar-refractivity contribution in [2.24, 2.45) is 0 Å². The fourth-order valence-corrected chi connectivity index (χ4v) is 2.08. The quantitative estimate of drug-likeness (QED) is 0.718. The SMILES string of the molecule is Cc1cc(O)c2[nH]c(C)c(I)c2c1. The number of halogens is 1. The number of aromatic amines is 1. The van der Waals surface area contributed by atoms with Crippen LogP contribution in [0.4, 0.5) is 0 Å². The predicted octanol–water partition coefficient (Wildman–Crippen LogP) is 3.09.